The smallest absolute Gasteiger partial charge is 0.350 e. The van der Waals surface area contributed by atoms with Crippen molar-refractivity contribution in [1.29, 1.82) is 0 Å². The average Bonchev–Trinajstić information content (AvgIpc) is 2.91. The Hall–Kier alpha value is -2.93. The highest BCUT2D eigenvalue weighted by molar-refractivity contribution is 5.91. The third kappa shape index (κ3) is 3.21. The Morgan fingerprint density at radius 3 is 2.88 bits per heavy atom. The quantitative estimate of drug-likeness (QED) is 0.740. The van der Waals surface area contributed by atoms with Crippen LogP contribution in [-0.2, 0) is 17.9 Å². The zero-order chi connectivity index (χ0) is 17.1. The van der Waals surface area contributed by atoms with E-state index < -0.39 is 0 Å². The maximum atomic E-state index is 12.1. The molecule has 0 radical (unpaired) electrons. The molecule has 3 rings (SSSR count). The largest absolute Gasteiger partial charge is 0.392 e. The summed E-state index contributed by atoms with van der Waals surface area (Å²) in [4.78, 5) is 24.3. The van der Waals surface area contributed by atoms with Crippen molar-refractivity contribution in [2.75, 3.05) is 5.32 Å². The fraction of sp³-hybridized carbons (Fsp3) is 0.235. The summed E-state index contributed by atoms with van der Waals surface area (Å²) in [6, 6.07) is 10.7. The van der Waals surface area contributed by atoms with Gasteiger partial charge in [-0.05, 0) is 36.2 Å². The Bertz CT molecular complexity index is 942. The molecule has 7 nitrogen and oxygen atoms in total. The topological polar surface area (TPSA) is 88.6 Å². The van der Waals surface area contributed by atoms with Crippen molar-refractivity contribution in [3.05, 3.63) is 64.2 Å². The number of amides is 1. The molecule has 124 valence electrons. The Morgan fingerprint density at radius 2 is 2.12 bits per heavy atom. The minimum Gasteiger partial charge on any atom is -0.392 e. The van der Waals surface area contributed by atoms with E-state index in [1.165, 1.54) is 9.08 Å². The highest BCUT2D eigenvalue weighted by Crippen LogP contribution is 2.17. The van der Waals surface area contributed by atoms with Crippen LogP contribution in [0.4, 0.5) is 5.69 Å². The lowest BCUT2D eigenvalue weighted by Gasteiger charge is -2.09. The predicted octanol–water partition coefficient (Wildman–Crippen LogP) is 1.33. The molecule has 0 unspecified atom stereocenters. The molecule has 7 heteroatoms. The van der Waals surface area contributed by atoms with Crippen LogP contribution in [-0.4, -0.2) is 25.2 Å². The number of nitrogens with zero attached hydrogens (tertiary/aromatic N) is 3. The summed E-state index contributed by atoms with van der Waals surface area (Å²) in [6.45, 7) is 1.99. The SMILES string of the molecule is Cc1ccc(CO)cc1NC(=O)CCn1nc2ccccn2c1=O. The molecule has 0 fully saturated rings. The molecule has 0 atom stereocenters. The Labute approximate surface area is 138 Å². The van der Waals surface area contributed by atoms with Crippen LogP contribution in [0.2, 0.25) is 0 Å². The molecule has 2 aromatic heterocycles. The minimum absolute atomic E-state index is 0.0835. The summed E-state index contributed by atoms with van der Waals surface area (Å²) in [7, 11) is 0. The van der Waals surface area contributed by atoms with Gasteiger partial charge in [0.05, 0.1) is 13.2 Å². The van der Waals surface area contributed by atoms with Crippen LogP contribution in [0, 0.1) is 6.92 Å². The molecule has 2 N–H and O–H groups in total. The highest BCUT2D eigenvalue weighted by atomic mass is 16.3. The molecule has 0 aliphatic heterocycles. The van der Waals surface area contributed by atoms with Crippen LogP contribution in [0.15, 0.2) is 47.4 Å². The van der Waals surface area contributed by atoms with Crippen molar-refractivity contribution in [2.24, 2.45) is 0 Å². The molecule has 1 aromatic carbocycles. The van der Waals surface area contributed by atoms with Gasteiger partial charge in [-0.15, -0.1) is 5.10 Å². The molecule has 3 aromatic rings. The number of pyridine rings is 1. The summed E-state index contributed by atoms with van der Waals surface area (Å²) >= 11 is 0. The molecule has 0 saturated heterocycles. The van der Waals surface area contributed by atoms with Gasteiger partial charge in [0.15, 0.2) is 5.65 Å². The van der Waals surface area contributed by atoms with Crippen molar-refractivity contribution in [3.8, 4) is 0 Å². The lowest BCUT2D eigenvalue weighted by molar-refractivity contribution is -0.116. The summed E-state index contributed by atoms with van der Waals surface area (Å²) in [6.07, 6.45) is 1.78. The van der Waals surface area contributed by atoms with Crippen LogP contribution >= 0.6 is 0 Å². The van der Waals surface area contributed by atoms with Gasteiger partial charge < -0.3 is 10.4 Å². The Kier molecular flexibility index (Phi) is 4.43. The first-order valence-electron chi connectivity index (χ1n) is 7.63. The summed E-state index contributed by atoms with van der Waals surface area (Å²) in [5.74, 6) is -0.211. The standard InChI is InChI=1S/C17H18N4O3/c1-12-5-6-13(11-22)10-14(12)18-16(23)7-9-21-17(24)20-8-3-2-4-15(20)19-21/h2-6,8,10,22H,7,9,11H2,1H3,(H,18,23). The number of nitrogens with one attached hydrogen (secondary N) is 1. The number of carbonyl (C=O) groups excluding carboxylic acids is 1. The monoisotopic (exact) mass is 326 g/mol. The molecule has 2 heterocycles. The lowest BCUT2D eigenvalue weighted by atomic mass is 10.1. The van der Waals surface area contributed by atoms with Gasteiger partial charge in [0.2, 0.25) is 5.91 Å². The molecule has 1 amide bonds. The number of fused-ring (bicyclic) bond motifs is 1. The van der Waals surface area contributed by atoms with E-state index in [9.17, 15) is 14.7 Å². The third-order valence-electron chi connectivity index (χ3n) is 3.80. The zero-order valence-corrected chi connectivity index (χ0v) is 13.3. The van der Waals surface area contributed by atoms with Gasteiger partial charge in [0, 0.05) is 18.3 Å². The van der Waals surface area contributed by atoms with E-state index in [0.29, 0.717) is 11.3 Å². The second kappa shape index (κ2) is 6.67. The van der Waals surface area contributed by atoms with E-state index in [2.05, 4.69) is 10.4 Å². The highest BCUT2D eigenvalue weighted by Gasteiger charge is 2.10. The fourth-order valence-corrected chi connectivity index (χ4v) is 2.44. The van der Waals surface area contributed by atoms with E-state index in [0.717, 1.165) is 11.1 Å². The van der Waals surface area contributed by atoms with Crippen molar-refractivity contribution in [3.63, 3.8) is 0 Å². The normalized spacial score (nSPS) is 10.9. The van der Waals surface area contributed by atoms with Crippen LogP contribution in [0.25, 0.3) is 5.65 Å². The van der Waals surface area contributed by atoms with Gasteiger partial charge in [-0.3, -0.25) is 9.20 Å². The molecule has 0 spiro atoms. The molecule has 0 bridgehead atoms. The number of aliphatic hydroxyl groups excluding tert-OH is 1. The van der Waals surface area contributed by atoms with E-state index in [1.54, 1.807) is 36.5 Å². The van der Waals surface area contributed by atoms with Crippen molar-refractivity contribution in [2.45, 2.75) is 26.5 Å². The van der Waals surface area contributed by atoms with E-state index in [4.69, 9.17) is 0 Å². The summed E-state index contributed by atoms with van der Waals surface area (Å²) in [5.41, 5.74) is 2.58. The predicted molar refractivity (Wildman–Crippen MR) is 89.8 cm³/mol. The van der Waals surface area contributed by atoms with Crippen LogP contribution < -0.4 is 11.0 Å². The van der Waals surface area contributed by atoms with Gasteiger partial charge in [0.25, 0.3) is 0 Å². The number of hydrogen-bond donors (Lipinski definition) is 2. The van der Waals surface area contributed by atoms with Crippen molar-refractivity contribution in [1.82, 2.24) is 14.2 Å². The van der Waals surface area contributed by atoms with E-state index >= 15 is 0 Å². The maximum Gasteiger partial charge on any atom is 0.350 e. The zero-order valence-electron chi connectivity index (χ0n) is 13.3. The van der Waals surface area contributed by atoms with Crippen LogP contribution in [0.5, 0.6) is 0 Å². The number of rotatable bonds is 5. The number of aromatic nitrogens is 3. The number of anilines is 1. The Balaban J connectivity index is 1.69. The fourth-order valence-electron chi connectivity index (χ4n) is 2.44. The Morgan fingerprint density at radius 1 is 1.29 bits per heavy atom. The van der Waals surface area contributed by atoms with Crippen LogP contribution in [0.1, 0.15) is 17.5 Å². The number of hydrogen-bond acceptors (Lipinski definition) is 4. The lowest BCUT2D eigenvalue weighted by Crippen LogP contribution is -2.24. The van der Waals surface area contributed by atoms with Crippen LogP contribution in [0.3, 0.4) is 0 Å². The van der Waals surface area contributed by atoms with Crippen molar-refractivity contribution < 1.29 is 9.90 Å². The minimum atomic E-state index is -0.267. The van der Waals surface area contributed by atoms with E-state index in [1.807, 2.05) is 13.0 Å². The maximum absolute atomic E-state index is 12.1. The molecular weight excluding hydrogens is 308 g/mol. The number of aryl methyl sites for hydroxylation is 2. The van der Waals surface area contributed by atoms with Gasteiger partial charge in [0.1, 0.15) is 0 Å². The first kappa shape index (κ1) is 15.9. The van der Waals surface area contributed by atoms with E-state index in [-0.39, 0.29) is 31.2 Å². The molecule has 0 aliphatic rings. The summed E-state index contributed by atoms with van der Waals surface area (Å²) in [5, 5.41) is 16.2. The molecule has 24 heavy (non-hydrogen) atoms. The second-order valence-corrected chi connectivity index (χ2v) is 5.54. The average molecular weight is 326 g/mol. The first-order chi connectivity index (χ1) is 11.6. The third-order valence-corrected chi connectivity index (χ3v) is 3.80. The van der Waals surface area contributed by atoms with Gasteiger partial charge in [-0.2, -0.15) is 0 Å². The molecule has 0 aliphatic carbocycles. The van der Waals surface area contributed by atoms with Gasteiger partial charge >= 0.3 is 5.69 Å². The summed E-state index contributed by atoms with van der Waals surface area (Å²) < 4.78 is 2.72. The number of aliphatic hydroxyl groups is 1. The van der Waals surface area contributed by atoms with Gasteiger partial charge in [-0.1, -0.05) is 18.2 Å². The first-order valence-corrected chi connectivity index (χ1v) is 7.63. The van der Waals surface area contributed by atoms with Crippen molar-refractivity contribution >= 4 is 17.2 Å². The number of benzene rings is 1. The molecular formula is C17H18N4O3. The molecule has 0 saturated carbocycles. The second-order valence-electron chi connectivity index (χ2n) is 5.54. The van der Waals surface area contributed by atoms with Gasteiger partial charge in [-0.25, -0.2) is 9.48 Å². The number of carbonyl (C=O) groups is 1.